The molecule has 0 radical (unpaired) electrons. The van der Waals surface area contributed by atoms with E-state index in [1.54, 1.807) is 6.20 Å². The number of pyridine rings is 1. The molecule has 2 nitrogen and oxygen atoms in total. The number of aliphatic hydroxyl groups is 1. The van der Waals surface area contributed by atoms with Crippen LogP contribution in [0.1, 0.15) is 22.9 Å². The maximum atomic E-state index is 13.6. The van der Waals surface area contributed by atoms with Crippen molar-refractivity contribution in [3.63, 3.8) is 0 Å². The first-order valence-corrected chi connectivity index (χ1v) is 5.99. The maximum absolute atomic E-state index is 13.6. The monoisotopic (exact) mass is 265 g/mol. The minimum Gasteiger partial charge on any atom is -0.388 e. The molecule has 1 heterocycles. The van der Waals surface area contributed by atoms with Crippen LogP contribution < -0.4 is 0 Å². The molecule has 1 unspecified atom stereocenters. The zero-order valence-electron chi connectivity index (χ0n) is 9.90. The van der Waals surface area contributed by atoms with Gasteiger partial charge in [0.25, 0.3) is 0 Å². The molecule has 0 saturated heterocycles. The molecule has 0 aliphatic carbocycles. The molecule has 1 aromatic carbocycles. The van der Waals surface area contributed by atoms with E-state index in [0.717, 1.165) is 11.3 Å². The highest BCUT2D eigenvalue weighted by molar-refractivity contribution is 6.30. The molecular formula is C14H13ClFNO. The second-order valence-corrected chi connectivity index (χ2v) is 4.59. The van der Waals surface area contributed by atoms with Gasteiger partial charge in [-0.1, -0.05) is 17.7 Å². The molecule has 0 amide bonds. The summed E-state index contributed by atoms with van der Waals surface area (Å²) in [4.78, 5) is 4.18. The van der Waals surface area contributed by atoms with E-state index < -0.39 is 11.9 Å². The summed E-state index contributed by atoms with van der Waals surface area (Å²) in [5.74, 6) is -0.458. The average molecular weight is 266 g/mol. The van der Waals surface area contributed by atoms with E-state index in [1.165, 1.54) is 18.2 Å². The standard InChI is InChI=1S/C14H13ClFNO/c1-9-3-2-6-17-13(9)8-14(18)11-7-10(15)4-5-12(11)16/h2-7,14,18H,8H2,1H3. The Kier molecular flexibility index (Phi) is 3.94. The van der Waals surface area contributed by atoms with Crippen molar-refractivity contribution in [2.24, 2.45) is 0 Å². The summed E-state index contributed by atoms with van der Waals surface area (Å²) in [6, 6.07) is 7.89. The number of aryl methyl sites for hydroxylation is 1. The Balaban J connectivity index is 2.25. The molecule has 1 aromatic heterocycles. The second kappa shape index (κ2) is 5.46. The van der Waals surface area contributed by atoms with Crippen molar-refractivity contribution in [2.75, 3.05) is 0 Å². The summed E-state index contributed by atoms with van der Waals surface area (Å²) in [5.41, 5.74) is 1.93. The molecule has 94 valence electrons. The summed E-state index contributed by atoms with van der Waals surface area (Å²) in [7, 11) is 0. The second-order valence-electron chi connectivity index (χ2n) is 4.15. The van der Waals surface area contributed by atoms with Gasteiger partial charge < -0.3 is 5.11 Å². The number of halogens is 2. The van der Waals surface area contributed by atoms with Gasteiger partial charge in [0.2, 0.25) is 0 Å². The van der Waals surface area contributed by atoms with Gasteiger partial charge in [-0.25, -0.2) is 4.39 Å². The number of aromatic nitrogens is 1. The predicted octanol–water partition coefficient (Wildman–Crippen LogP) is 3.46. The molecule has 0 fully saturated rings. The quantitative estimate of drug-likeness (QED) is 0.922. The summed E-state index contributed by atoms with van der Waals surface area (Å²) >= 11 is 5.80. The first-order valence-electron chi connectivity index (χ1n) is 5.61. The van der Waals surface area contributed by atoms with Gasteiger partial charge in [0.05, 0.1) is 6.10 Å². The molecule has 2 rings (SSSR count). The fourth-order valence-corrected chi connectivity index (χ4v) is 1.98. The van der Waals surface area contributed by atoms with Crippen LogP contribution in [0.5, 0.6) is 0 Å². The number of nitrogens with zero attached hydrogens (tertiary/aromatic N) is 1. The van der Waals surface area contributed by atoms with Crippen molar-refractivity contribution in [2.45, 2.75) is 19.4 Å². The number of hydrogen-bond acceptors (Lipinski definition) is 2. The number of aliphatic hydroxyl groups excluding tert-OH is 1. The number of hydrogen-bond donors (Lipinski definition) is 1. The van der Waals surface area contributed by atoms with E-state index in [0.29, 0.717) is 5.02 Å². The first kappa shape index (κ1) is 13.0. The fourth-order valence-electron chi connectivity index (χ4n) is 1.80. The van der Waals surface area contributed by atoms with Crippen LogP contribution in [0.15, 0.2) is 36.5 Å². The van der Waals surface area contributed by atoms with Gasteiger partial charge >= 0.3 is 0 Å². The number of rotatable bonds is 3. The maximum Gasteiger partial charge on any atom is 0.129 e. The molecular weight excluding hydrogens is 253 g/mol. The van der Waals surface area contributed by atoms with Crippen LogP contribution in [0, 0.1) is 12.7 Å². The van der Waals surface area contributed by atoms with E-state index in [4.69, 9.17) is 11.6 Å². The third-order valence-electron chi connectivity index (χ3n) is 2.82. The Morgan fingerprint density at radius 2 is 2.17 bits per heavy atom. The van der Waals surface area contributed by atoms with Gasteiger partial charge in [-0.2, -0.15) is 0 Å². The van der Waals surface area contributed by atoms with Gasteiger partial charge in [-0.05, 0) is 36.8 Å². The van der Waals surface area contributed by atoms with Crippen molar-refractivity contribution in [3.05, 3.63) is 64.2 Å². The van der Waals surface area contributed by atoms with E-state index >= 15 is 0 Å². The van der Waals surface area contributed by atoms with Gasteiger partial charge in [0.1, 0.15) is 5.82 Å². The van der Waals surface area contributed by atoms with Gasteiger partial charge in [-0.15, -0.1) is 0 Å². The minimum atomic E-state index is -0.947. The van der Waals surface area contributed by atoms with Gasteiger partial charge in [-0.3, -0.25) is 4.98 Å². The van der Waals surface area contributed by atoms with Crippen molar-refractivity contribution in [3.8, 4) is 0 Å². The van der Waals surface area contributed by atoms with Crippen LogP contribution in [0.4, 0.5) is 4.39 Å². The summed E-state index contributed by atoms with van der Waals surface area (Å²) in [5, 5.41) is 10.5. The molecule has 1 atom stereocenters. The van der Waals surface area contributed by atoms with E-state index in [1.807, 2.05) is 19.1 Å². The van der Waals surface area contributed by atoms with Gasteiger partial charge in [0.15, 0.2) is 0 Å². The fraction of sp³-hybridized carbons (Fsp3) is 0.214. The highest BCUT2D eigenvalue weighted by atomic mass is 35.5. The Morgan fingerprint density at radius 1 is 1.39 bits per heavy atom. The van der Waals surface area contributed by atoms with Gasteiger partial charge in [0, 0.05) is 28.9 Å². The number of benzene rings is 1. The Morgan fingerprint density at radius 3 is 2.89 bits per heavy atom. The Labute approximate surface area is 110 Å². The highest BCUT2D eigenvalue weighted by Crippen LogP contribution is 2.24. The SMILES string of the molecule is Cc1cccnc1CC(O)c1cc(Cl)ccc1F. The molecule has 0 saturated carbocycles. The van der Waals surface area contributed by atoms with Crippen molar-refractivity contribution in [1.29, 1.82) is 0 Å². The zero-order chi connectivity index (χ0) is 13.1. The molecule has 4 heteroatoms. The third-order valence-corrected chi connectivity index (χ3v) is 3.06. The van der Waals surface area contributed by atoms with Crippen LogP contribution in [0.2, 0.25) is 5.02 Å². The molecule has 2 aromatic rings. The molecule has 0 aliphatic heterocycles. The van der Waals surface area contributed by atoms with Crippen LogP contribution in [-0.4, -0.2) is 10.1 Å². The molecule has 0 aliphatic rings. The van der Waals surface area contributed by atoms with Crippen LogP contribution in [0.25, 0.3) is 0 Å². The summed E-state index contributed by atoms with van der Waals surface area (Å²) in [6.07, 6.45) is 0.977. The predicted molar refractivity (Wildman–Crippen MR) is 69.0 cm³/mol. The first-order chi connectivity index (χ1) is 8.58. The van der Waals surface area contributed by atoms with Crippen molar-refractivity contribution < 1.29 is 9.50 Å². The van der Waals surface area contributed by atoms with Crippen LogP contribution in [0.3, 0.4) is 0 Å². The average Bonchev–Trinajstić information content (AvgIpc) is 2.35. The lowest BCUT2D eigenvalue weighted by Gasteiger charge is -2.13. The normalized spacial score (nSPS) is 12.4. The molecule has 18 heavy (non-hydrogen) atoms. The smallest absolute Gasteiger partial charge is 0.129 e. The van der Waals surface area contributed by atoms with Crippen molar-refractivity contribution >= 4 is 11.6 Å². The lowest BCUT2D eigenvalue weighted by molar-refractivity contribution is 0.172. The van der Waals surface area contributed by atoms with E-state index in [-0.39, 0.29) is 12.0 Å². The van der Waals surface area contributed by atoms with Crippen molar-refractivity contribution in [1.82, 2.24) is 4.98 Å². The molecule has 0 spiro atoms. The molecule has 0 bridgehead atoms. The lowest BCUT2D eigenvalue weighted by atomic mass is 10.0. The minimum absolute atomic E-state index is 0.201. The van der Waals surface area contributed by atoms with Crippen LogP contribution >= 0.6 is 11.6 Å². The Hall–Kier alpha value is -1.45. The van der Waals surface area contributed by atoms with Crippen LogP contribution in [-0.2, 0) is 6.42 Å². The lowest BCUT2D eigenvalue weighted by Crippen LogP contribution is -2.07. The summed E-state index contributed by atoms with van der Waals surface area (Å²) in [6.45, 7) is 1.91. The Bertz CT molecular complexity index is 559. The zero-order valence-corrected chi connectivity index (χ0v) is 10.7. The van der Waals surface area contributed by atoms with E-state index in [2.05, 4.69) is 4.98 Å². The molecule has 1 N–H and O–H groups in total. The largest absolute Gasteiger partial charge is 0.388 e. The third kappa shape index (κ3) is 2.86. The van der Waals surface area contributed by atoms with E-state index in [9.17, 15) is 9.50 Å². The highest BCUT2D eigenvalue weighted by Gasteiger charge is 2.15. The topological polar surface area (TPSA) is 33.1 Å². The summed E-state index contributed by atoms with van der Waals surface area (Å²) < 4.78 is 13.6.